The number of non-ortho nitro benzene ring substituents is 2. The molecule has 27 heteroatoms. The largest absolute Gasteiger partial charge is 0.481 e. The molecule has 1 heterocycles. The number of ether oxygens (including phenoxy) is 3. The maximum absolute atomic E-state index is 12.0. The van der Waals surface area contributed by atoms with Gasteiger partial charge in [0.1, 0.15) is 11.2 Å². The highest BCUT2D eigenvalue weighted by atomic mass is 16.6. The van der Waals surface area contributed by atoms with Crippen molar-refractivity contribution in [1.82, 2.24) is 0 Å². The van der Waals surface area contributed by atoms with Gasteiger partial charge in [0, 0.05) is 92.1 Å². The van der Waals surface area contributed by atoms with Crippen LogP contribution < -0.4 is 22.1 Å². The first kappa shape index (κ1) is 66.9. The van der Waals surface area contributed by atoms with Crippen LogP contribution in [-0.2, 0) is 44.7 Å². The lowest BCUT2D eigenvalue weighted by Crippen LogP contribution is -2.28. The Bertz CT molecular complexity index is 2480. The number of nitrogens with one attached hydrogen (secondary N) is 2. The van der Waals surface area contributed by atoms with Gasteiger partial charge in [0.15, 0.2) is 0 Å². The summed E-state index contributed by atoms with van der Waals surface area (Å²) in [6.45, 7) is 14.4. The highest BCUT2D eigenvalue weighted by molar-refractivity contribution is 5.90. The molecule has 0 aliphatic carbocycles. The lowest BCUT2D eigenvalue weighted by molar-refractivity contribution is -0.394. The monoisotopic (exact) mass is 1060 g/mol. The van der Waals surface area contributed by atoms with Crippen molar-refractivity contribution in [2.75, 3.05) is 61.7 Å². The number of carboxylic acids is 1. The fourth-order valence-corrected chi connectivity index (χ4v) is 5.73. The van der Waals surface area contributed by atoms with E-state index in [1.165, 1.54) is 25.0 Å². The molecular weight excluding hydrogens is 993 g/mol. The van der Waals surface area contributed by atoms with Crippen LogP contribution in [0.15, 0.2) is 72.8 Å². The number of aliphatic carboxylic acids is 1. The molecule has 0 atom stereocenters. The van der Waals surface area contributed by atoms with Crippen molar-refractivity contribution in [1.29, 1.82) is 0 Å². The standard InChI is InChI=1S/C18H28N2O5.C8H6N2O6.C8H8N2O5.C8H12N2O.C4H8O.C2H6O/c1-17(2,3)24-15(22)19-13-8-7-12(9-10-21)14(11-13)20-16(23)25-18(4,5)6;11-8(12)3-5-1-2-6(9(13)14)4-7(5)10(15)16;11-4-3-6-1-2-7(9(12)13)5-8(6)10(14)15;9-7-2-1-6(3-4-11)8(10)5-7;1-2-4-5-3-1;1-2-3/h7-8,11,21H,9-10H2,1-6H3,(H,19,22)(H,20,23);1-2,4H,3H2,(H,11,12);1-2,5,11H,3-4H2;1-2,5,11H,3-4,9-10H2;1-4H2;3H,2H2,1H3. The fraction of sp³-hybridized carbons (Fsp3) is 0.438. The molecule has 0 radical (unpaired) electrons. The Kier molecular flexibility index (Phi) is 30.6. The molecule has 0 unspecified atom stereocenters. The Hall–Kier alpha value is -8.11. The van der Waals surface area contributed by atoms with E-state index >= 15 is 0 Å². The van der Waals surface area contributed by atoms with Gasteiger partial charge in [0.2, 0.25) is 0 Å². The Morgan fingerprint density at radius 2 is 1.01 bits per heavy atom. The zero-order valence-corrected chi connectivity index (χ0v) is 42.8. The average molecular weight is 1060 g/mol. The summed E-state index contributed by atoms with van der Waals surface area (Å²) in [6.07, 6.45) is 1.86. The molecule has 0 saturated carbocycles. The predicted molar refractivity (Wildman–Crippen MR) is 277 cm³/mol. The van der Waals surface area contributed by atoms with Crippen LogP contribution in [0, 0.1) is 40.5 Å². The van der Waals surface area contributed by atoms with Gasteiger partial charge in [-0.1, -0.05) is 12.1 Å². The van der Waals surface area contributed by atoms with Crippen molar-refractivity contribution < 1.29 is 73.8 Å². The molecule has 75 heavy (non-hydrogen) atoms. The molecule has 4 aromatic rings. The first-order valence-electron chi connectivity index (χ1n) is 22.9. The summed E-state index contributed by atoms with van der Waals surface area (Å²) in [5.41, 5.74) is 12.3. The third-order valence-corrected chi connectivity index (χ3v) is 8.83. The number of anilines is 4. The van der Waals surface area contributed by atoms with E-state index in [0.29, 0.717) is 35.6 Å². The molecule has 27 nitrogen and oxygen atoms in total. The Morgan fingerprint density at radius 1 is 0.600 bits per heavy atom. The van der Waals surface area contributed by atoms with Gasteiger partial charge in [-0.15, -0.1) is 0 Å². The van der Waals surface area contributed by atoms with Crippen LogP contribution in [0.1, 0.15) is 83.6 Å². The minimum absolute atomic E-state index is 0.0666. The number of nitro groups is 4. The number of hydrogen-bond acceptors (Lipinski definition) is 20. The van der Waals surface area contributed by atoms with E-state index in [1.807, 2.05) is 6.07 Å². The van der Waals surface area contributed by atoms with Crippen LogP contribution >= 0.6 is 0 Å². The first-order chi connectivity index (χ1) is 35.0. The van der Waals surface area contributed by atoms with E-state index in [1.54, 1.807) is 78.8 Å². The zero-order valence-electron chi connectivity index (χ0n) is 42.8. The molecule has 1 fully saturated rings. The molecule has 5 rings (SSSR count). The Morgan fingerprint density at radius 3 is 1.41 bits per heavy atom. The van der Waals surface area contributed by atoms with Crippen molar-refractivity contribution in [2.45, 2.75) is 98.2 Å². The Balaban J connectivity index is 0.000000956. The molecule has 1 aliphatic rings. The van der Waals surface area contributed by atoms with Crippen LogP contribution in [0.25, 0.3) is 0 Å². The lowest BCUT2D eigenvalue weighted by Gasteiger charge is -2.21. The average Bonchev–Trinajstić information content (AvgIpc) is 3.89. The van der Waals surface area contributed by atoms with E-state index in [4.69, 9.17) is 46.1 Å². The van der Waals surface area contributed by atoms with Gasteiger partial charge in [0.25, 0.3) is 22.7 Å². The summed E-state index contributed by atoms with van der Waals surface area (Å²) in [5, 5.41) is 89.7. The molecular formula is C48H68N8O19. The normalized spacial score (nSPS) is 11.2. The van der Waals surface area contributed by atoms with E-state index < -0.39 is 66.8 Å². The number of nitro benzene ring substituents is 4. The number of aliphatic hydroxyl groups excluding tert-OH is 4. The molecule has 0 aromatic heterocycles. The molecule has 0 spiro atoms. The number of carbonyl (C=O) groups excluding carboxylic acids is 2. The summed E-state index contributed by atoms with van der Waals surface area (Å²) in [6, 6.07) is 16.5. The van der Waals surface area contributed by atoms with Gasteiger partial charge in [-0.2, -0.15) is 0 Å². The third-order valence-electron chi connectivity index (χ3n) is 8.83. The van der Waals surface area contributed by atoms with Crippen LogP contribution in [0.4, 0.5) is 55.1 Å². The summed E-state index contributed by atoms with van der Waals surface area (Å²) < 4.78 is 15.4. The number of nitrogens with two attached hydrogens (primary N) is 2. The smallest absolute Gasteiger partial charge is 0.412 e. The maximum atomic E-state index is 12.0. The van der Waals surface area contributed by atoms with Crippen molar-refractivity contribution >= 4 is 63.7 Å². The second-order valence-corrected chi connectivity index (χ2v) is 17.4. The highest BCUT2D eigenvalue weighted by Gasteiger charge is 2.22. The number of carboxylic acid groups (broad SMARTS) is 1. The predicted octanol–water partition coefficient (Wildman–Crippen LogP) is 7.26. The van der Waals surface area contributed by atoms with Crippen molar-refractivity contribution in [3.05, 3.63) is 136 Å². The van der Waals surface area contributed by atoms with Gasteiger partial charge < -0.3 is 51.2 Å². The molecule has 1 saturated heterocycles. The summed E-state index contributed by atoms with van der Waals surface area (Å²) in [7, 11) is 0. The van der Waals surface area contributed by atoms with Gasteiger partial charge in [-0.3, -0.25) is 55.9 Å². The number of benzene rings is 4. The number of nitrogen functional groups attached to an aromatic ring is 2. The second-order valence-electron chi connectivity index (χ2n) is 17.4. The molecule has 1 aliphatic heterocycles. The van der Waals surface area contributed by atoms with Crippen LogP contribution in [-0.4, -0.2) is 114 Å². The number of nitrogens with zero attached hydrogens (tertiary/aromatic N) is 4. The van der Waals surface area contributed by atoms with Gasteiger partial charge in [-0.05, 0) is 122 Å². The SMILES string of the molecule is C1CCOC1.CC(C)(C)OC(=O)Nc1ccc(CCO)c(NC(=O)OC(C)(C)C)c1.CCO.Nc1ccc(CCO)c(N)c1.O=C(O)Cc1ccc([N+](=O)[O-])cc1[N+](=O)[O-].O=[N+]([O-])c1ccc(CCO)c([N+](=O)[O-])c1. The molecule has 414 valence electrons. The van der Waals surface area contributed by atoms with Gasteiger partial charge >= 0.3 is 18.2 Å². The van der Waals surface area contributed by atoms with Crippen LogP contribution in [0.5, 0.6) is 0 Å². The van der Waals surface area contributed by atoms with Crippen LogP contribution in [0.3, 0.4) is 0 Å². The fourth-order valence-electron chi connectivity index (χ4n) is 5.73. The topological polar surface area (TPSA) is 429 Å². The number of rotatable bonds is 14. The quantitative estimate of drug-likeness (QED) is 0.0340. The van der Waals surface area contributed by atoms with Crippen molar-refractivity contribution in [2.24, 2.45) is 0 Å². The lowest BCUT2D eigenvalue weighted by atomic mass is 10.1. The van der Waals surface area contributed by atoms with Crippen molar-refractivity contribution in [3.63, 3.8) is 0 Å². The highest BCUT2D eigenvalue weighted by Crippen LogP contribution is 2.27. The van der Waals surface area contributed by atoms with Crippen molar-refractivity contribution in [3.8, 4) is 0 Å². The summed E-state index contributed by atoms with van der Waals surface area (Å²) in [4.78, 5) is 73.2. The van der Waals surface area contributed by atoms with E-state index in [9.17, 15) is 59.9 Å². The molecule has 11 N–H and O–H groups in total. The summed E-state index contributed by atoms with van der Waals surface area (Å²) in [5.74, 6) is -1.24. The van der Waals surface area contributed by atoms with Gasteiger partial charge in [0.05, 0.1) is 38.2 Å². The maximum Gasteiger partial charge on any atom is 0.412 e. The number of aliphatic hydroxyl groups is 4. The van der Waals surface area contributed by atoms with E-state index in [2.05, 4.69) is 10.6 Å². The minimum atomic E-state index is -1.24. The van der Waals surface area contributed by atoms with Crippen LogP contribution in [0.2, 0.25) is 0 Å². The van der Waals surface area contributed by atoms with E-state index in [-0.39, 0.29) is 55.4 Å². The minimum Gasteiger partial charge on any atom is -0.481 e. The molecule has 4 aromatic carbocycles. The second kappa shape index (κ2) is 34.3. The number of hydrogen-bond donors (Lipinski definition) is 9. The number of carbonyl (C=O) groups is 3. The van der Waals surface area contributed by atoms with E-state index in [0.717, 1.165) is 48.6 Å². The first-order valence-corrected chi connectivity index (χ1v) is 22.9. The Labute approximate surface area is 432 Å². The third kappa shape index (κ3) is 29.3. The number of amides is 2. The molecule has 0 bridgehead atoms. The molecule has 2 amide bonds. The summed E-state index contributed by atoms with van der Waals surface area (Å²) >= 11 is 0. The van der Waals surface area contributed by atoms with Gasteiger partial charge in [-0.25, -0.2) is 9.59 Å². The zero-order chi connectivity index (χ0) is 57.5.